The molecule has 0 radical (unpaired) electrons. The molecule has 138 valence electrons. The molecule has 1 unspecified atom stereocenters. The highest BCUT2D eigenvalue weighted by atomic mass is 16.2. The molecule has 1 N–H and O–H groups in total. The smallest absolute Gasteiger partial charge is 0.317 e. The standard InChI is InChI=1S/C22H29N3O/c1-19(20-9-4-2-5-10-20)13-14-23-22(26)25-16-8-15-24(17-18-25)21-11-6-3-7-12-21/h2-7,9-12,19H,8,13-18H2,1H3,(H,23,26). The van der Waals surface area contributed by atoms with E-state index < -0.39 is 0 Å². The van der Waals surface area contributed by atoms with E-state index in [0.29, 0.717) is 12.5 Å². The lowest BCUT2D eigenvalue weighted by molar-refractivity contribution is 0.201. The van der Waals surface area contributed by atoms with Gasteiger partial charge in [-0.3, -0.25) is 0 Å². The molecule has 1 fully saturated rings. The quantitative estimate of drug-likeness (QED) is 0.880. The molecule has 2 aromatic rings. The van der Waals surface area contributed by atoms with E-state index in [9.17, 15) is 4.79 Å². The first-order chi connectivity index (χ1) is 12.7. The number of nitrogens with zero attached hydrogens (tertiary/aromatic N) is 2. The number of nitrogens with one attached hydrogen (secondary N) is 1. The van der Waals surface area contributed by atoms with Crippen molar-refractivity contribution in [2.24, 2.45) is 0 Å². The van der Waals surface area contributed by atoms with E-state index in [4.69, 9.17) is 0 Å². The number of urea groups is 1. The van der Waals surface area contributed by atoms with Gasteiger partial charge in [0.25, 0.3) is 0 Å². The lowest BCUT2D eigenvalue weighted by Crippen LogP contribution is -2.42. The summed E-state index contributed by atoms with van der Waals surface area (Å²) >= 11 is 0. The van der Waals surface area contributed by atoms with Gasteiger partial charge in [-0.25, -0.2) is 4.79 Å². The van der Waals surface area contributed by atoms with Gasteiger partial charge >= 0.3 is 6.03 Å². The number of para-hydroxylation sites is 1. The molecule has 2 amide bonds. The number of anilines is 1. The van der Waals surface area contributed by atoms with E-state index in [2.05, 4.69) is 65.7 Å². The predicted octanol–water partition coefficient (Wildman–Crippen LogP) is 4.10. The minimum absolute atomic E-state index is 0.0696. The Hall–Kier alpha value is -2.49. The van der Waals surface area contributed by atoms with Crippen molar-refractivity contribution in [3.8, 4) is 0 Å². The Morgan fingerprint density at radius 2 is 1.65 bits per heavy atom. The summed E-state index contributed by atoms with van der Waals surface area (Å²) in [5.74, 6) is 0.453. The Kier molecular flexibility index (Phi) is 6.53. The van der Waals surface area contributed by atoms with Gasteiger partial charge in [0.1, 0.15) is 0 Å². The average molecular weight is 351 g/mol. The number of hydrogen-bond donors (Lipinski definition) is 1. The van der Waals surface area contributed by atoms with E-state index in [1.54, 1.807) is 0 Å². The Bertz CT molecular complexity index is 674. The van der Waals surface area contributed by atoms with E-state index in [0.717, 1.165) is 39.0 Å². The van der Waals surface area contributed by atoms with Crippen molar-refractivity contribution in [1.82, 2.24) is 10.2 Å². The topological polar surface area (TPSA) is 35.6 Å². The molecule has 1 heterocycles. The summed E-state index contributed by atoms with van der Waals surface area (Å²) in [5, 5.41) is 3.10. The van der Waals surface area contributed by atoms with Crippen LogP contribution in [0.2, 0.25) is 0 Å². The summed E-state index contributed by atoms with van der Waals surface area (Å²) in [6, 6.07) is 21.0. The van der Waals surface area contributed by atoms with Crippen LogP contribution in [0.3, 0.4) is 0 Å². The van der Waals surface area contributed by atoms with Crippen LogP contribution in [0.4, 0.5) is 10.5 Å². The minimum atomic E-state index is 0.0696. The SMILES string of the molecule is CC(CCNC(=O)N1CCCN(c2ccccc2)CC1)c1ccccc1. The first-order valence-corrected chi connectivity index (χ1v) is 9.62. The Morgan fingerprint density at radius 1 is 0.962 bits per heavy atom. The molecule has 3 rings (SSSR count). The number of carbonyl (C=O) groups is 1. The Labute approximate surface area is 156 Å². The molecule has 0 aromatic heterocycles. The molecular formula is C22H29N3O. The van der Waals surface area contributed by atoms with Crippen LogP contribution in [-0.2, 0) is 0 Å². The summed E-state index contributed by atoms with van der Waals surface area (Å²) in [6.07, 6.45) is 1.96. The van der Waals surface area contributed by atoms with Gasteiger partial charge in [0, 0.05) is 38.4 Å². The molecule has 26 heavy (non-hydrogen) atoms. The van der Waals surface area contributed by atoms with Crippen molar-refractivity contribution in [3.05, 3.63) is 66.2 Å². The molecule has 0 bridgehead atoms. The predicted molar refractivity (Wildman–Crippen MR) is 108 cm³/mol. The number of benzene rings is 2. The van der Waals surface area contributed by atoms with Gasteiger partial charge in [0.05, 0.1) is 0 Å². The van der Waals surface area contributed by atoms with Gasteiger partial charge in [-0.1, -0.05) is 55.5 Å². The molecule has 1 atom stereocenters. The third kappa shape index (κ3) is 5.01. The van der Waals surface area contributed by atoms with Crippen LogP contribution < -0.4 is 10.2 Å². The minimum Gasteiger partial charge on any atom is -0.370 e. The van der Waals surface area contributed by atoms with Crippen molar-refractivity contribution in [3.63, 3.8) is 0 Å². The van der Waals surface area contributed by atoms with Gasteiger partial charge in [-0.2, -0.15) is 0 Å². The molecular weight excluding hydrogens is 322 g/mol. The molecule has 4 nitrogen and oxygen atoms in total. The first kappa shape index (κ1) is 18.3. The Balaban J connectivity index is 1.43. The Morgan fingerprint density at radius 3 is 2.38 bits per heavy atom. The maximum atomic E-state index is 12.5. The molecule has 2 aromatic carbocycles. The number of carbonyl (C=O) groups excluding carboxylic acids is 1. The van der Waals surface area contributed by atoms with Crippen LogP contribution in [0.1, 0.15) is 31.2 Å². The lowest BCUT2D eigenvalue weighted by atomic mass is 9.98. The molecule has 1 aliphatic heterocycles. The third-order valence-corrected chi connectivity index (χ3v) is 5.13. The van der Waals surface area contributed by atoms with Crippen molar-refractivity contribution in [1.29, 1.82) is 0 Å². The molecule has 4 heteroatoms. The zero-order chi connectivity index (χ0) is 18.2. The van der Waals surface area contributed by atoms with Gasteiger partial charge in [0.15, 0.2) is 0 Å². The summed E-state index contributed by atoms with van der Waals surface area (Å²) < 4.78 is 0. The number of amides is 2. The van der Waals surface area contributed by atoms with Crippen molar-refractivity contribution < 1.29 is 4.79 Å². The molecule has 0 saturated carbocycles. The third-order valence-electron chi connectivity index (χ3n) is 5.13. The fourth-order valence-electron chi connectivity index (χ4n) is 3.47. The molecule has 0 spiro atoms. The summed E-state index contributed by atoms with van der Waals surface area (Å²) in [5.41, 5.74) is 2.57. The van der Waals surface area contributed by atoms with E-state index >= 15 is 0 Å². The van der Waals surface area contributed by atoms with Crippen LogP contribution in [0.15, 0.2) is 60.7 Å². The van der Waals surface area contributed by atoms with E-state index in [1.165, 1.54) is 11.3 Å². The highest BCUT2D eigenvalue weighted by molar-refractivity contribution is 5.74. The second kappa shape index (κ2) is 9.27. The van der Waals surface area contributed by atoms with Crippen LogP contribution >= 0.6 is 0 Å². The molecule has 1 saturated heterocycles. The second-order valence-electron chi connectivity index (χ2n) is 7.00. The number of rotatable bonds is 5. The maximum absolute atomic E-state index is 12.5. The van der Waals surface area contributed by atoms with Crippen LogP contribution in [0.5, 0.6) is 0 Å². The maximum Gasteiger partial charge on any atom is 0.317 e. The molecule has 0 aliphatic carbocycles. The van der Waals surface area contributed by atoms with Gasteiger partial charge < -0.3 is 15.1 Å². The first-order valence-electron chi connectivity index (χ1n) is 9.62. The second-order valence-corrected chi connectivity index (χ2v) is 7.00. The van der Waals surface area contributed by atoms with E-state index in [1.807, 2.05) is 17.0 Å². The van der Waals surface area contributed by atoms with E-state index in [-0.39, 0.29) is 6.03 Å². The molecule has 1 aliphatic rings. The van der Waals surface area contributed by atoms with Crippen LogP contribution in [0, 0.1) is 0 Å². The van der Waals surface area contributed by atoms with Crippen molar-refractivity contribution in [2.45, 2.75) is 25.7 Å². The zero-order valence-electron chi connectivity index (χ0n) is 15.6. The normalized spacial score (nSPS) is 16.0. The van der Waals surface area contributed by atoms with Crippen LogP contribution in [-0.4, -0.2) is 43.7 Å². The highest BCUT2D eigenvalue weighted by Gasteiger charge is 2.19. The van der Waals surface area contributed by atoms with Gasteiger partial charge in [-0.05, 0) is 36.5 Å². The summed E-state index contributed by atoms with van der Waals surface area (Å²) in [7, 11) is 0. The van der Waals surface area contributed by atoms with Crippen molar-refractivity contribution >= 4 is 11.7 Å². The lowest BCUT2D eigenvalue weighted by Gasteiger charge is -2.24. The summed E-state index contributed by atoms with van der Waals surface area (Å²) in [4.78, 5) is 16.8. The fraction of sp³-hybridized carbons (Fsp3) is 0.409. The van der Waals surface area contributed by atoms with Crippen molar-refractivity contribution in [2.75, 3.05) is 37.6 Å². The largest absolute Gasteiger partial charge is 0.370 e. The summed E-state index contributed by atoms with van der Waals surface area (Å²) in [6.45, 7) is 6.41. The van der Waals surface area contributed by atoms with Crippen LogP contribution in [0.25, 0.3) is 0 Å². The monoisotopic (exact) mass is 351 g/mol. The fourth-order valence-corrected chi connectivity index (χ4v) is 3.47. The van der Waals surface area contributed by atoms with Gasteiger partial charge in [-0.15, -0.1) is 0 Å². The average Bonchev–Trinajstić information content (AvgIpc) is 2.95. The zero-order valence-corrected chi connectivity index (χ0v) is 15.6. The van der Waals surface area contributed by atoms with Gasteiger partial charge in [0.2, 0.25) is 0 Å². The number of hydrogen-bond acceptors (Lipinski definition) is 2. The highest BCUT2D eigenvalue weighted by Crippen LogP contribution is 2.18.